The molecule has 0 spiro atoms. The van der Waals surface area contributed by atoms with Crippen LogP contribution in [-0.4, -0.2) is 89.5 Å². The Bertz CT molecular complexity index is 1290. The Labute approximate surface area is 272 Å². The first-order valence-corrected chi connectivity index (χ1v) is 16.7. The number of nitrogens with two attached hydrogens (primary N) is 2. The number of amides is 3. The lowest BCUT2D eigenvalue weighted by atomic mass is 9.87. The van der Waals surface area contributed by atoms with Gasteiger partial charge < -0.3 is 37.4 Å². The molecule has 46 heavy (non-hydrogen) atoms. The van der Waals surface area contributed by atoms with Gasteiger partial charge in [-0.3, -0.25) is 14.4 Å². The lowest BCUT2D eigenvalue weighted by Crippen LogP contribution is -2.86. The number of fused-ring (bicyclic) bond motifs is 2. The molecular formula is C35H52N7O4+. The third-order valence-electron chi connectivity index (χ3n) is 8.82. The molecule has 2 aromatic rings. The Balaban J connectivity index is 1.51. The molecule has 11 nitrogen and oxygen atoms in total. The van der Waals surface area contributed by atoms with Crippen LogP contribution in [0.1, 0.15) is 57.1 Å². The van der Waals surface area contributed by atoms with E-state index < -0.39 is 36.0 Å². The molecule has 2 fully saturated rings. The van der Waals surface area contributed by atoms with E-state index in [9.17, 15) is 19.5 Å². The van der Waals surface area contributed by atoms with Gasteiger partial charge in [0.25, 0.3) is 5.91 Å². The normalized spacial score (nSPS) is 20.3. The summed E-state index contributed by atoms with van der Waals surface area (Å²) >= 11 is 0. The van der Waals surface area contributed by atoms with Crippen LogP contribution in [0.2, 0.25) is 0 Å². The molecule has 4 rings (SSSR count). The van der Waals surface area contributed by atoms with Crippen LogP contribution in [0.3, 0.4) is 0 Å². The minimum atomic E-state index is -0.901. The third-order valence-corrected chi connectivity index (χ3v) is 8.82. The lowest BCUT2D eigenvalue weighted by Gasteiger charge is -2.54. The van der Waals surface area contributed by atoms with Crippen LogP contribution in [0.15, 0.2) is 60.7 Å². The number of rotatable bonds is 17. The van der Waals surface area contributed by atoms with Crippen molar-refractivity contribution in [3.8, 4) is 0 Å². The molecule has 2 aliphatic heterocycles. The van der Waals surface area contributed by atoms with E-state index in [4.69, 9.17) is 11.5 Å². The fraction of sp³-hybridized carbons (Fsp3) is 0.543. The summed E-state index contributed by atoms with van der Waals surface area (Å²) in [5.41, 5.74) is 13.9. The maximum Gasteiger partial charge on any atom is 0.350 e. The van der Waals surface area contributed by atoms with Crippen molar-refractivity contribution < 1.29 is 24.5 Å². The molecule has 3 amide bonds. The van der Waals surface area contributed by atoms with Gasteiger partial charge in [-0.25, -0.2) is 4.99 Å². The Hall–Kier alpha value is -3.80. The molecule has 2 heterocycles. The van der Waals surface area contributed by atoms with Crippen molar-refractivity contribution in [1.29, 1.82) is 0 Å². The fourth-order valence-corrected chi connectivity index (χ4v) is 6.33. The highest BCUT2D eigenvalue weighted by atomic mass is 16.3. The van der Waals surface area contributed by atoms with Gasteiger partial charge in [-0.05, 0) is 55.7 Å². The van der Waals surface area contributed by atoms with E-state index in [1.807, 2.05) is 79.4 Å². The second-order valence-corrected chi connectivity index (χ2v) is 13.1. The average Bonchev–Trinajstić information content (AvgIpc) is 3.04. The van der Waals surface area contributed by atoms with Crippen LogP contribution in [0.5, 0.6) is 0 Å². The summed E-state index contributed by atoms with van der Waals surface area (Å²) in [6.07, 6.45) is 3.93. The summed E-state index contributed by atoms with van der Waals surface area (Å²) in [5.74, 6) is -1.03. The molecule has 11 heteroatoms. The number of hydrogen-bond donors (Lipinski definition) is 7. The number of nitrogens with one attached hydrogen (secondary N) is 4. The Morgan fingerprint density at radius 1 is 0.913 bits per heavy atom. The Morgan fingerprint density at radius 3 is 2.07 bits per heavy atom. The van der Waals surface area contributed by atoms with Crippen molar-refractivity contribution in [2.24, 2.45) is 17.4 Å². The molecule has 0 saturated carbocycles. The molecule has 6 atom stereocenters. The SMILES string of the molecule is CC(C)CC(NC(=O)C(Cc1ccccc1)[NH+]=C(O)C(N)Cc1ccccc1)C(=O)NC(CCCCN)C(=O)N1C2CNCC1C2. The highest BCUT2D eigenvalue weighted by Gasteiger charge is 2.46. The second-order valence-electron chi connectivity index (χ2n) is 13.1. The third kappa shape index (κ3) is 9.85. The van der Waals surface area contributed by atoms with E-state index in [1.54, 1.807) is 0 Å². The van der Waals surface area contributed by atoms with Gasteiger partial charge in [0.05, 0.1) is 0 Å². The molecule has 6 unspecified atom stereocenters. The Morgan fingerprint density at radius 2 is 1.50 bits per heavy atom. The van der Waals surface area contributed by atoms with Gasteiger partial charge in [-0.15, -0.1) is 0 Å². The number of carbonyl (C=O) groups excluding carboxylic acids is 3. The molecule has 0 aliphatic carbocycles. The minimum absolute atomic E-state index is 0.0710. The number of carbonyl (C=O) groups is 3. The monoisotopic (exact) mass is 634 g/mol. The van der Waals surface area contributed by atoms with Crippen molar-refractivity contribution >= 4 is 23.6 Å². The van der Waals surface area contributed by atoms with Crippen LogP contribution >= 0.6 is 0 Å². The van der Waals surface area contributed by atoms with Crippen LogP contribution in [0, 0.1) is 5.92 Å². The molecule has 2 saturated heterocycles. The summed E-state index contributed by atoms with van der Waals surface area (Å²) in [6, 6.07) is 16.1. The highest BCUT2D eigenvalue weighted by molar-refractivity contribution is 5.93. The quantitative estimate of drug-likeness (QED) is 0.0723. The Kier molecular flexibility index (Phi) is 13.1. The van der Waals surface area contributed by atoms with Crippen LogP contribution in [0.25, 0.3) is 0 Å². The summed E-state index contributed by atoms with van der Waals surface area (Å²) in [7, 11) is 0. The molecule has 2 bridgehead atoms. The number of nitrogens with zero attached hydrogens (tertiary/aromatic N) is 1. The number of benzene rings is 2. The van der Waals surface area contributed by atoms with Crippen molar-refractivity contribution in [2.75, 3.05) is 19.6 Å². The van der Waals surface area contributed by atoms with Crippen molar-refractivity contribution in [2.45, 2.75) is 95.0 Å². The van der Waals surface area contributed by atoms with E-state index >= 15 is 0 Å². The number of aliphatic hydroxyl groups is 1. The predicted octanol–water partition coefficient (Wildman–Crippen LogP) is -0.0778. The van der Waals surface area contributed by atoms with Gasteiger partial charge in [-0.1, -0.05) is 74.5 Å². The van der Waals surface area contributed by atoms with Crippen LogP contribution in [-0.2, 0) is 27.2 Å². The van der Waals surface area contributed by atoms with Gasteiger partial charge >= 0.3 is 5.90 Å². The number of piperidine rings is 1. The average molecular weight is 635 g/mol. The summed E-state index contributed by atoms with van der Waals surface area (Å²) in [6.45, 7) is 5.98. The summed E-state index contributed by atoms with van der Waals surface area (Å²) in [4.78, 5) is 46.2. The minimum Gasteiger partial charge on any atom is -0.462 e. The van der Waals surface area contributed by atoms with Gasteiger partial charge in [0.2, 0.25) is 17.9 Å². The van der Waals surface area contributed by atoms with Crippen molar-refractivity contribution in [1.82, 2.24) is 20.9 Å². The molecule has 2 aliphatic rings. The molecule has 9 N–H and O–H groups in total. The molecule has 0 radical (unpaired) electrons. The standard InChI is InChI=1S/C35H51N7O4/c1-23(2)17-30(33(44)39-29(15-9-10-16-36)35(46)42-26-20-27(42)22-38-21-26)41-34(45)31(19-25-13-7-4-8-14-25)40-32(43)28(37)18-24-11-5-3-6-12-24/h3-8,11-14,23,26-31,38H,9-10,15-22,36-37H2,1-2H3,(H,39,44)(H,40,43)(H,41,45)/p+1. The number of aliphatic hydroxyl groups excluding tert-OH is 1. The second kappa shape index (κ2) is 17.2. The molecule has 250 valence electrons. The smallest absolute Gasteiger partial charge is 0.350 e. The van der Waals surface area contributed by atoms with E-state index in [2.05, 4.69) is 20.9 Å². The van der Waals surface area contributed by atoms with Gasteiger partial charge in [0.1, 0.15) is 18.1 Å². The summed E-state index contributed by atoms with van der Waals surface area (Å²) in [5, 5.41) is 20.2. The molecule has 2 aromatic carbocycles. The summed E-state index contributed by atoms with van der Waals surface area (Å²) < 4.78 is 0. The van der Waals surface area contributed by atoms with Crippen molar-refractivity contribution in [3.05, 3.63) is 71.8 Å². The van der Waals surface area contributed by atoms with E-state index in [0.29, 0.717) is 32.2 Å². The number of hydrogen-bond acceptors (Lipinski definition) is 6. The van der Waals surface area contributed by atoms with Crippen molar-refractivity contribution in [3.63, 3.8) is 0 Å². The highest BCUT2D eigenvalue weighted by Crippen LogP contribution is 2.29. The van der Waals surface area contributed by atoms with E-state index in [1.165, 1.54) is 0 Å². The lowest BCUT2D eigenvalue weighted by molar-refractivity contribution is -0.497. The van der Waals surface area contributed by atoms with Crippen LogP contribution in [0.4, 0.5) is 0 Å². The van der Waals surface area contributed by atoms with Gasteiger partial charge in [-0.2, -0.15) is 0 Å². The zero-order valence-corrected chi connectivity index (χ0v) is 27.2. The maximum atomic E-state index is 13.9. The number of unbranched alkanes of at least 4 members (excludes halogenated alkanes) is 1. The zero-order chi connectivity index (χ0) is 33.1. The first-order chi connectivity index (χ1) is 22.2. The van der Waals surface area contributed by atoms with E-state index in [-0.39, 0.29) is 36.2 Å². The van der Waals surface area contributed by atoms with E-state index in [0.717, 1.165) is 37.1 Å². The first-order valence-electron chi connectivity index (χ1n) is 16.7. The molecular weight excluding hydrogens is 582 g/mol. The largest absolute Gasteiger partial charge is 0.462 e. The van der Waals surface area contributed by atoms with Gasteiger partial charge in [0, 0.05) is 38.0 Å². The zero-order valence-electron chi connectivity index (χ0n) is 27.2. The predicted molar refractivity (Wildman–Crippen MR) is 179 cm³/mol. The topological polar surface area (TPSA) is 177 Å². The maximum absolute atomic E-state index is 13.9. The van der Waals surface area contributed by atoms with Gasteiger partial charge in [0.15, 0.2) is 0 Å². The first kappa shape index (κ1) is 35.1. The number of piperazine rings is 1. The fourth-order valence-electron chi connectivity index (χ4n) is 6.33. The van der Waals surface area contributed by atoms with Crippen LogP contribution < -0.4 is 32.4 Å². The molecule has 0 aromatic heterocycles.